The Morgan fingerprint density at radius 2 is 1.93 bits per heavy atom. The first-order chi connectivity index (χ1) is 13.3. The monoisotopic (exact) mass is 399 g/mol. The number of hydrogen-bond acceptors (Lipinski definition) is 4. The number of alkyl halides is 3. The average Bonchev–Trinajstić information content (AvgIpc) is 3.17. The zero-order chi connectivity index (χ0) is 20.1. The van der Waals surface area contributed by atoms with Gasteiger partial charge in [-0.15, -0.1) is 0 Å². The van der Waals surface area contributed by atoms with Crippen LogP contribution < -0.4 is 10.6 Å². The van der Waals surface area contributed by atoms with Crippen molar-refractivity contribution < 1.29 is 27.5 Å². The van der Waals surface area contributed by atoms with E-state index in [1.54, 1.807) is 24.3 Å². The molecule has 28 heavy (non-hydrogen) atoms. The molecule has 0 radical (unpaired) electrons. The summed E-state index contributed by atoms with van der Waals surface area (Å²) in [4.78, 5) is 25.9. The lowest BCUT2D eigenvalue weighted by Gasteiger charge is -2.32. The van der Waals surface area contributed by atoms with Crippen molar-refractivity contribution in [3.05, 3.63) is 29.8 Å². The number of benzene rings is 1. The van der Waals surface area contributed by atoms with Crippen molar-refractivity contribution in [2.75, 3.05) is 31.6 Å². The minimum absolute atomic E-state index is 0.165. The lowest BCUT2D eigenvalue weighted by molar-refractivity contribution is -0.148. The number of halogens is 3. The second kappa shape index (κ2) is 8.91. The molecule has 9 heteroatoms. The van der Waals surface area contributed by atoms with Crippen LogP contribution in [0.15, 0.2) is 24.3 Å². The topological polar surface area (TPSA) is 70.7 Å². The number of likely N-dealkylation sites (tertiary alicyclic amines) is 1. The van der Waals surface area contributed by atoms with Crippen LogP contribution in [-0.4, -0.2) is 61.3 Å². The molecule has 2 aliphatic heterocycles. The predicted molar refractivity (Wildman–Crippen MR) is 97.0 cm³/mol. The molecule has 3 rings (SSSR count). The Morgan fingerprint density at radius 1 is 1.18 bits per heavy atom. The zero-order valence-electron chi connectivity index (χ0n) is 15.4. The Morgan fingerprint density at radius 3 is 2.57 bits per heavy atom. The molecular weight excluding hydrogens is 375 g/mol. The molecule has 2 heterocycles. The fraction of sp³-hybridized carbons (Fsp3) is 0.579. The number of carbonyl (C=O) groups is 2. The standard InChI is InChI=1S/C19H24F3N3O3/c20-19(21,22)12-25-8-6-14(7-9-25)23-17(26)13-3-1-4-15(11-13)24-18(27)16-5-2-10-28-16/h1,3-4,11,14,16H,2,5-10,12H2,(H,23,26)(H,24,27). The van der Waals surface area contributed by atoms with Crippen LogP contribution >= 0.6 is 0 Å². The van der Waals surface area contributed by atoms with Crippen molar-refractivity contribution >= 4 is 17.5 Å². The van der Waals surface area contributed by atoms with Crippen LogP contribution in [0.1, 0.15) is 36.0 Å². The largest absolute Gasteiger partial charge is 0.401 e. The predicted octanol–water partition coefficient (Wildman–Crippen LogP) is 2.56. The van der Waals surface area contributed by atoms with Crippen LogP contribution in [0.25, 0.3) is 0 Å². The highest BCUT2D eigenvalue weighted by Crippen LogP contribution is 2.20. The fourth-order valence-corrected chi connectivity index (χ4v) is 3.50. The molecule has 154 valence electrons. The molecule has 2 N–H and O–H groups in total. The smallest absolute Gasteiger partial charge is 0.368 e. The lowest BCUT2D eigenvalue weighted by atomic mass is 10.0. The quantitative estimate of drug-likeness (QED) is 0.799. The SMILES string of the molecule is O=C(NC1CCN(CC(F)(F)F)CC1)c1cccc(NC(=O)C2CCCO2)c1. The van der Waals surface area contributed by atoms with Gasteiger partial charge >= 0.3 is 6.18 Å². The fourth-order valence-electron chi connectivity index (χ4n) is 3.50. The van der Waals surface area contributed by atoms with E-state index in [0.717, 1.165) is 6.42 Å². The second-order valence-corrected chi connectivity index (χ2v) is 7.21. The molecule has 2 amide bonds. The molecule has 2 aliphatic rings. The number of amides is 2. The summed E-state index contributed by atoms with van der Waals surface area (Å²) in [6.45, 7) is 0.242. The molecule has 2 fully saturated rings. The third-order valence-corrected chi connectivity index (χ3v) is 4.94. The van der Waals surface area contributed by atoms with E-state index in [2.05, 4.69) is 10.6 Å². The number of hydrogen-bond donors (Lipinski definition) is 2. The molecule has 0 bridgehead atoms. The first-order valence-electron chi connectivity index (χ1n) is 9.43. The van der Waals surface area contributed by atoms with Crippen LogP contribution in [0.2, 0.25) is 0 Å². The Kier molecular flexibility index (Phi) is 6.56. The Hall–Kier alpha value is -2.13. The summed E-state index contributed by atoms with van der Waals surface area (Å²) in [6.07, 6.45) is -2.19. The van der Waals surface area contributed by atoms with E-state index in [4.69, 9.17) is 4.74 Å². The van der Waals surface area contributed by atoms with Gasteiger partial charge in [-0.3, -0.25) is 14.5 Å². The normalized spacial score (nSPS) is 21.5. The maximum atomic E-state index is 12.5. The summed E-state index contributed by atoms with van der Waals surface area (Å²) in [5.41, 5.74) is 0.899. The van der Waals surface area contributed by atoms with Crippen molar-refractivity contribution in [2.45, 2.75) is 44.0 Å². The first kappa shape index (κ1) is 20.6. The van der Waals surface area contributed by atoms with Crippen LogP contribution in [0, 0.1) is 0 Å². The molecule has 1 unspecified atom stereocenters. The summed E-state index contributed by atoms with van der Waals surface area (Å²) < 4.78 is 42.7. The van der Waals surface area contributed by atoms with Gasteiger partial charge < -0.3 is 15.4 Å². The number of anilines is 1. The number of nitrogens with one attached hydrogen (secondary N) is 2. The zero-order valence-corrected chi connectivity index (χ0v) is 15.4. The van der Waals surface area contributed by atoms with Gasteiger partial charge in [-0.2, -0.15) is 13.2 Å². The maximum absolute atomic E-state index is 12.5. The van der Waals surface area contributed by atoms with Gasteiger partial charge in [-0.1, -0.05) is 6.07 Å². The van der Waals surface area contributed by atoms with E-state index in [0.29, 0.717) is 50.2 Å². The van der Waals surface area contributed by atoms with Gasteiger partial charge in [0, 0.05) is 37.0 Å². The van der Waals surface area contributed by atoms with E-state index in [-0.39, 0.29) is 17.9 Å². The number of ether oxygens (including phenoxy) is 1. The van der Waals surface area contributed by atoms with Gasteiger partial charge in [0.25, 0.3) is 11.8 Å². The highest BCUT2D eigenvalue weighted by atomic mass is 19.4. The molecule has 0 aliphatic carbocycles. The Balaban J connectivity index is 1.50. The lowest BCUT2D eigenvalue weighted by Crippen LogP contribution is -2.47. The van der Waals surface area contributed by atoms with Gasteiger partial charge in [0.15, 0.2) is 0 Å². The van der Waals surface area contributed by atoms with Crippen LogP contribution in [-0.2, 0) is 9.53 Å². The molecular formula is C19H24F3N3O3. The van der Waals surface area contributed by atoms with Crippen molar-refractivity contribution in [3.63, 3.8) is 0 Å². The van der Waals surface area contributed by atoms with E-state index < -0.39 is 18.8 Å². The Bertz CT molecular complexity index is 697. The molecule has 1 atom stereocenters. The average molecular weight is 399 g/mol. The van der Waals surface area contributed by atoms with Gasteiger partial charge in [0.05, 0.1) is 6.54 Å². The summed E-state index contributed by atoms with van der Waals surface area (Å²) in [5.74, 6) is -0.533. The third kappa shape index (κ3) is 5.93. The highest BCUT2D eigenvalue weighted by molar-refractivity contribution is 5.98. The molecule has 6 nitrogen and oxygen atoms in total. The number of rotatable bonds is 5. The van der Waals surface area contributed by atoms with Gasteiger partial charge in [-0.05, 0) is 43.9 Å². The van der Waals surface area contributed by atoms with Gasteiger partial charge in [0.2, 0.25) is 0 Å². The first-order valence-corrected chi connectivity index (χ1v) is 9.43. The molecule has 0 spiro atoms. The van der Waals surface area contributed by atoms with E-state index >= 15 is 0 Å². The molecule has 0 aromatic heterocycles. The Labute approximate surface area is 161 Å². The second-order valence-electron chi connectivity index (χ2n) is 7.21. The molecule has 2 saturated heterocycles. The third-order valence-electron chi connectivity index (χ3n) is 4.94. The van der Waals surface area contributed by atoms with Crippen LogP contribution in [0.5, 0.6) is 0 Å². The van der Waals surface area contributed by atoms with E-state index in [9.17, 15) is 22.8 Å². The maximum Gasteiger partial charge on any atom is 0.401 e. The highest BCUT2D eigenvalue weighted by Gasteiger charge is 2.32. The van der Waals surface area contributed by atoms with Crippen molar-refractivity contribution in [1.29, 1.82) is 0 Å². The number of carbonyl (C=O) groups excluding carboxylic acids is 2. The van der Waals surface area contributed by atoms with Gasteiger partial charge in [-0.25, -0.2) is 0 Å². The molecule has 0 saturated carbocycles. The summed E-state index contributed by atoms with van der Waals surface area (Å²) in [5, 5.41) is 5.62. The van der Waals surface area contributed by atoms with Crippen LogP contribution in [0.3, 0.4) is 0 Å². The van der Waals surface area contributed by atoms with Crippen molar-refractivity contribution in [3.8, 4) is 0 Å². The summed E-state index contributed by atoms with van der Waals surface area (Å²) in [6, 6.07) is 6.42. The van der Waals surface area contributed by atoms with Crippen LogP contribution in [0.4, 0.5) is 18.9 Å². The summed E-state index contributed by atoms with van der Waals surface area (Å²) >= 11 is 0. The van der Waals surface area contributed by atoms with Gasteiger partial charge in [0.1, 0.15) is 6.10 Å². The van der Waals surface area contributed by atoms with E-state index in [1.165, 1.54) is 4.90 Å². The minimum Gasteiger partial charge on any atom is -0.368 e. The van der Waals surface area contributed by atoms with Crippen molar-refractivity contribution in [2.24, 2.45) is 0 Å². The number of nitrogens with zero attached hydrogens (tertiary/aromatic N) is 1. The van der Waals surface area contributed by atoms with E-state index in [1.807, 2.05) is 0 Å². The minimum atomic E-state index is -4.20. The molecule has 1 aromatic rings. The molecule has 1 aromatic carbocycles. The summed E-state index contributed by atoms with van der Waals surface area (Å²) in [7, 11) is 0. The number of piperidine rings is 1. The van der Waals surface area contributed by atoms with Crippen molar-refractivity contribution in [1.82, 2.24) is 10.2 Å².